The summed E-state index contributed by atoms with van der Waals surface area (Å²) in [5.74, 6) is 0.280. The minimum absolute atomic E-state index is 0.188. The Balaban J connectivity index is 2.10. The lowest BCUT2D eigenvalue weighted by Gasteiger charge is -2.24. The molecular weight excluding hydrogens is 178 g/mol. The third kappa shape index (κ3) is 1.69. The Hall–Kier alpha value is -0.830. The normalized spacial score (nSPS) is 32.2. The first-order valence-corrected chi connectivity index (χ1v) is 5.28. The zero-order valence-corrected chi connectivity index (χ0v) is 8.64. The first-order valence-electron chi connectivity index (χ1n) is 5.28. The molecule has 1 saturated heterocycles. The monoisotopic (exact) mass is 195 g/mol. The minimum atomic E-state index is -0.188. The van der Waals surface area contributed by atoms with Gasteiger partial charge in [-0.05, 0) is 25.8 Å². The maximum Gasteiger partial charge on any atom is 0.169 e. The number of ketones is 1. The smallest absolute Gasteiger partial charge is 0.169 e. The Kier molecular flexibility index (Phi) is 2.59. The van der Waals surface area contributed by atoms with Crippen molar-refractivity contribution in [1.82, 2.24) is 5.32 Å². The molecule has 0 amide bonds. The summed E-state index contributed by atoms with van der Waals surface area (Å²) in [6.45, 7) is 4.57. The van der Waals surface area contributed by atoms with Crippen molar-refractivity contribution in [2.75, 3.05) is 19.7 Å². The fourth-order valence-electron chi connectivity index (χ4n) is 2.13. The van der Waals surface area contributed by atoms with Crippen LogP contribution >= 0.6 is 0 Å². The van der Waals surface area contributed by atoms with Crippen LogP contribution in [0.4, 0.5) is 0 Å². The molecule has 2 heterocycles. The van der Waals surface area contributed by atoms with Gasteiger partial charge >= 0.3 is 0 Å². The molecule has 0 aromatic rings. The van der Waals surface area contributed by atoms with Crippen LogP contribution in [0.25, 0.3) is 0 Å². The van der Waals surface area contributed by atoms with Crippen LogP contribution in [-0.2, 0) is 9.53 Å². The summed E-state index contributed by atoms with van der Waals surface area (Å²) < 4.78 is 5.20. The van der Waals surface area contributed by atoms with Gasteiger partial charge < -0.3 is 10.1 Å². The molecule has 0 spiro atoms. The number of rotatable bonds is 2. The molecule has 2 rings (SSSR count). The number of hydrogen-bond acceptors (Lipinski definition) is 3. The van der Waals surface area contributed by atoms with E-state index in [2.05, 4.69) is 5.32 Å². The second-order valence-corrected chi connectivity index (χ2v) is 4.43. The van der Waals surface area contributed by atoms with Gasteiger partial charge in [0.2, 0.25) is 0 Å². The zero-order valence-electron chi connectivity index (χ0n) is 8.64. The molecule has 14 heavy (non-hydrogen) atoms. The number of nitrogens with one attached hydrogen (secondary N) is 1. The van der Waals surface area contributed by atoms with Crippen LogP contribution in [0.1, 0.15) is 26.2 Å². The standard InChI is InChI=1S/C11H17NO2/c1-11(4-5-12-8-11)10(13)9-3-2-6-14-7-9/h7,12H,2-6,8H2,1H3. The maximum atomic E-state index is 12.1. The quantitative estimate of drug-likeness (QED) is 0.720. The zero-order chi connectivity index (χ0) is 10.0. The van der Waals surface area contributed by atoms with E-state index in [0.29, 0.717) is 0 Å². The Morgan fingerprint density at radius 2 is 2.50 bits per heavy atom. The molecule has 78 valence electrons. The van der Waals surface area contributed by atoms with Gasteiger partial charge in [-0.2, -0.15) is 0 Å². The third-order valence-corrected chi connectivity index (χ3v) is 3.14. The second-order valence-electron chi connectivity index (χ2n) is 4.43. The van der Waals surface area contributed by atoms with Crippen LogP contribution in [0.3, 0.4) is 0 Å². The average Bonchev–Trinajstić information content (AvgIpc) is 2.67. The van der Waals surface area contributed by atoms with Crippen molar-refractivity contribution in [3.05, 3.63) is 11.8 Å². The molecule has 0 bridgehead atoms. The molecular formula is C11H17NO2. The fourth-order valence-corrected chi connectivity index (χ4v) is 2.13. The van der Waals surface area contributed by atoms with E-state index in [1.54, 1.807) is 6.26 Å². The Morgan fingerprint density at radius 1 is 1.64 bits per heavy atom. The predicted octanol–water partition coefficient (Wildman–Crippen LogP) is 1.25. The van der Waals surface area contributed by atoms with Gasteiger partial charge in [0.25, 0.3) is 0 Å². The molecule has 0 aromatic carbocycles. The highest BCUT2D eigenvalue weighted by atomic mass is 16.5. The van der Waals surface area contributed by atoms with Gasteiger partial charge in [-0.15, -0.1) is 0 Å². The minimum Gasteiger partial charge on any atom is -0.501 e. The van der Waals surface area contributed by atoms with Gasteiger partial charge in [-0.3, -0.25) is 4.79 Å². The van der Waals surface area contributed by atoms with Gasteiger partial charge in [-0.1, -0.05) is 6.92 Å². The molecule has 3 nitrogen and oxygen atoms in total. The highest BCUT2D eigenvalue weighted by Crippen LogP contribution is 2.31. The number of carbonyl (C=O) groups excluding carboxylic acids is 1. The van der Waals surface area contributed by atoms with Crippen LogP contribution in [0.15, 0.2) is 11.8 Å². The van der Waals surface area contributed by atoms with E-state index in [1.165, 1.54) is 0 Å². The summed E-state index contributed by atoms with van der Waals surface area (Å²) >= 11 is 0. The highest BCUT2D eigenvalue weighted by molar-refractivity contribution is 5.99. The molecule has 1 unspecified atom stereocenters. The molecule has 1 atom stereocenters. The molecule has 0 aliphatic carbocycles. The van der Waals surface area contributed by atoms with Crippen LogP contribution in [0, 0.1) is 5.41 Å². The highest BCUT2D eigenvalue weighted by Gasteiger charge is 2.37. The number of hydrogen-bond donors (Lipinski definition) is 1. The first kappa shape index (κ1) is 9.71. The van der Waals surface area contributed by atoms with Crippen LogP contribution < -0.4 is 5.32 Å². The fraction of sp³-hybridized carbons (Fsp3) is 0.727. The summed E-state index contributed by atoms with van der Waals surface area (Å²) in [6, 6.07) is 0. The van der Waals surface area contributed by atoms with Crippen molar-refractivity contribution >= 4 is 5.78 Å². The molecule has 2 aliphatic rings. The average molecular weight is 195 g/mol. The summed E-state index contributed by atoms with van der Waals surface area (Å²) in [6.07, 6.45) is 4.47. The van der Waals surface area contributed by atoms with Crippen molar-refractivity contribution in [2.24, 2.45) is 5.41 Å². The Labute approximate surface area is 84.5 Å². The summed E-state index contributed by atoms with van der Waals surface area (Å²) in [4.78, 5) is 12.1. The molecule has 0 saturated carbocycles. The molecule has 3 heteroatoms. The number of allylic oxidation sites excluding steroid dienone is 1. The van der Waals surface area contributed by atoms with Gasteiger partial charge in [0.1, 0.15) is 0 Å². The first-order chi connectivity index (χ1) is 6.72. The van der Waals surface area contributed by atoms with E-state index in [-0.39, 0.29) is 11.2 Å². The largest absolute Gasteiger partial charge is 0.501 e. The van der Waals surface area contributed by atoms with Crippen molar-refractivity contribution in [3.8, 4) is 0 Å². The maximum absolute atomic E-state index is 12.1. The number of carbonyl (C=O) groups is 1. The predicted molar refractivity (Wildman–Crippen MR) is 53.9 cm³/mol. The van der Waals surface area contributed by atoms with Gasteiger partial charge in [0, 0.05) is 17.5 Å². The van der Waals surface area contributed by atoms with Crippen molar-refractivity contribution in [1.29, 1.82) is 0 Å². The third-order valence-electron chi connectivity index (χ3n) is 3.14. The van der Waals surface area contributed by atoms with E-state index in [9.17, 15) is 4.79 Å². The molecule has 1 N–H and O–H groups in total. The van der Waals surface area contributed by atoms with Gasteiger partial charge in [0.15, 0.2) is 5.78 Å². The van der Waals surface area contributed by atoms with Crippen molar-refractivity contribution in [3.63, 3.8) is 0 Å². The molecule has 1 fully saturated rings. The lowest BCUT2D eigenvalue weighted by Crippen LogP contribution is -2.32. The van der Waals surface area contributed by atoms with E-state index >= 15 is 0 Å². The Morgan fingerprint density at radius 3 is 3.07 bits per heavy atom. The second kappa shape index (κ2) is 3.73. The SMILES string of the molecule is CC1(C(=O)C2=COCCC2)CCNC1. The van der Waals surface area contributed by atoms with E-state index in [1.807, 2.05) is 6.92 Å². The number of Topliss-reactive ketones (excluding diaryl/α,β-unsaturated/α-hetero) is 1. The summed E-state index contributed by atoms with van der Waals surface area (Å²) in [5.41, 5.74) is 0.689. The molecule has 0 aromatic heterocycles. The Bertz CT molecular complexity index is 264. The molecule has 0 radical (unpaired) electrons. The van der Waals surface area contributed by atoms with E-state index < -0.39 is 0 Å². The summed E-state index contributed by atoms with van der Waals surface area (Å²) in [7, 11) is 0. The lowest BCUT2D eigenvalue weighted by molar-refractivity contribution is -0.123. The number of ether oxygens (including phenoxy) is 1. The van der Waals surface area contributed by atoms with E-state index in [4.69, 9.17) is 4.74 Å². The van der Waals surface area contributed by atoms with Crippen LogP contribution in [0.2, 0.25) is 0 Å². The lowest BCUT2D eigenvalue weighted by atomic mass is 9.80. The van der Waals surface area contributed by atoms with Gasteiger partial charge in [0.05, 0.1) is 12.9 Å². The van der Waals surface area contributed by atoms with Crippen molar-refractivity contribution in [2.45, 2.75) is 26.2 Å². The van der Waals surface area contributed by atoms with Crippen LogP contribution in [-0.4, -0.2) is 25.5 Å². The van der Waals surface area contributed by atoms with Crippen LogP contribution in [0.5, 0.6) is 0 Å². The topological polar surface area (TPSA) is 38.3 Å². The van der Waals surface area contributed by atoms with E-state index in [0.717, 1.165) is 44.5 Å². The summed E-state index contributed by atoms with van der Waals surface area (Å²) in [5, 5.41) is 3.24. The van der Waals surface area contributed by atoms with Crippen molar-refractivity contribution < 1.29 is 9.53 Å². The van der Waals surface area contributed by atoms with Gasteiger partial charge in [-0.25, -0.2) is 0 Å². The molecule has 2 aliphatic heterocycles.